The van der Waals surface area contributed by atoms with Gasteiger partial charge in [0, 0.05) is 30.3 Å². The molecule has 0 aromatic carbocycles. The molecular formula is C24H29N5S. The van der Waals surface area contributed by atoms with Gasteiger partial charge in [0.25, 0.3) is 0 Å². The number of rotatable bonds is 5. The van der Waals surface area contributed by atoms with Crippen molar-refractivity contribution in [3.8, 4) is 5.82 Å². The summed E-state index contributed by atoms with van der Waals surface area (Å²) in [5.74, 6) is 1.45. The van der Waals surface area contributed by atoms with Crippen molar-refractivity contribution in [2.45, 2.75) is 46.7 Å². The van der Waals surface area contributed by atoms with Gasteiger partial charge in [0.05, 0.1) is 17.8 Å². The van der Waals surface area contributed by atoms with Gasteiger partial charge in [0.15, 0.2) is 5.11 Å². The molecule has 4 rings (SSSR count). The fraction of sp³-hybridized carbons (Fsp3) is 0.375. The van der Waals surface area contributed by atoms with Crippen LogP contribution in [0.1, 0.15) is 54.1 Å². The number of aromatic nitrogens is 3. The highest BCUT2D eigenvalue weighted by atomic mass is 32.1. The van der Waals surface area contributed by atoms with Crippen molar-refractivity contribution in [1.82, 2.24) is 24.8 Å². The fourth-order valence-corrected chi connectivity index (χ4v) is 4.73. The first-order valence-electron chi connectivity index (χ1n) is 10.5. The minimum absolute atomic E-state index is 0.0110. The lowest BCUT2D eigenvalue weighted by Gasteiger charge is -2.29. The first-order chi connectivity index (χ1) is 14.4. The van der Waals surface area contributed by atoms with E-state index >= 15 is 0 Å². The highest BCUT2D eigenvalue weighted by Gasteiger charge is 2.41. The molecule has 6 heteroatoms. The van der Waals surface area contributed by atoms with Crippen molar-refractivity contribution in [3.05, 3.63) is 77.0 Å². The van der Waals surface area contributed by atoms with Crippen molar-refractivity contribution >= 4 is 17.3 Å². The monoisotopic (exact) mass is 419 g/mol. The molecular weight excluding hydrogens is 390 g/mol. The predicted octanol–water partition coefficient (Wildman–Crippen LogP) is 4.82. The van der Waals surface area contributed by atoms with Crippen molar-refractivity contribution in [2.75, 3.05) is 6.54 Å². The third kappa shape index (κ3) is 3.72. The van der Waals surface area contributed by atoms with Crippen LogP contribution in [0.5, 0.6) is 0 Å². The zero-order valence-electron chi connectivity index (χ0n) is 18.3. The van der Waals surface area contributed by atoms with Crippen molar-refractivity contribution < 1.29 is 0 Å². The van der Waals surface area contributed by atoms with Gasteiger partial charge in [-0.2, -0.15) is 0 Å². The Labute approximate surface area is 184 Å². The largest absolute Gasteiger partial charge is 0.352 e. The second-order valence-corrected chi connectivity index (χ2v) is 8.91. The summed E-state index contributed by atoms with van der Waals surface area (Å²) in [5, 5.41) is 4.34. The number of aryl methyl sites for hydroxylation is 2. The Balaban J connectivity index is 1.84. The Morgan fingerprint density at radius 2 is 1.87 bits per heavy atom. The summed E-state index contributed by atoms with van der Waals surface area (Å²) >= 11 is 5.77. The molecule has 0 saturated carbocycles. The quantitative estimate of drug-likeness (QED) is 0.601. The molecule has 2 atom stereocenters. The van der Waals surface area contributed by atoms with Crippen molar-refractivity contribution in [3.63, 3.8) is 0 Å². The molecule has 3 aromatic heterocycles. The number of nitrogens with zero attached hydrogens (tertiary/aromatic N) is 4. The topological polar surface area (TPSA) is 46.0 Å². The summed E-state index contributed by atoms with van der Waals surface area (Å²) in [6.45, 7) is 11.8. The van der Waals surface area contributed by atoms with E-state index in [4.69, 9.17) is 12.2 Å². The molecule has 1 N–H and O–H groups in total. The number of nitrogens with one attached hydrogen (secondary N) is 1. The lowest BCUT2D eigenvalue weighted by Crippen LogP contribution is -2.33. The average Bonchev–Trinajstić information content (AvgIpc) is 3.18. The summed E-state index contributed by atoms with van der Waals surface area (Å²) in [7, 11) is 0. The Kier molecular flexibility index (Phi) is 5.60. The van der Waals surface area contributed by atoms with Crippen LogP contribution in [-0.4, -0.2) is 31.1 Å². The van der Waals surface area contributed by atoms with E-state index in [9.17, 15) is 0 Å². The maximum atomic E-state index is 5.77. The first-order valence-corrected chi connectivity index (χ1v) is 10.9. The Bertz CT molecular complexity index is 1060. The highest BCUT2D eigenvalue weighted by Crippen LogP contribution is 2.41. The van der Waals surface area contributed by atoms with Gasteiger partial charge in [-0.1, -0.05) is 19.9 Å². The maximum Gasteiger partial charge on any atom is 0.170 e. The lowest BCUT2D eigenvalue weighted by atomic mass is 9.96. The molecule has 3 aromatic rings. The Morgan fingerprint density at radius 3 is 2.53 bits per heavy atom. The zero-order valence-corrected chi connectivity index (χ0v) is 19.1. The zero-order chi connectivity index (χ0) is 21.4. The van der Waals surface area contributed by atoms with Crippen LogP contribution in [-0.2, 0) is 0 Å². The molecule has 1 aliphatic rings. The molecule has 5 nitrogen and oxygen atoms in total. The minimum Gasteiger partial charge on any atom is -0.352 e. The Morgan fingerprint density at radius 1 is 1.07 bits per heavy atom. The van der Waals surface area contributed by atoms with E-state index in [2.05, 4.69) is 77.6 Å². The molecule has 0 amide bonds. The van der Waals surface area contributed by atoms with Gasteiger partial charge in [-0.15, -0.1) is 0 Å². The molecule has 30 heavy (non-hydrogen) atoms. The molecule has 0 aliphatic carbocycles. The van der Waals surface area contributed by atoms with Gasteiger partial charge in [-0.3, -0.25) is 4.98 Å². The summed E-state index contributed by atoms with van der Waals surface area (Å²) in [4.78, 5) is 11.6. The van der Waals surface area contributed by atoms with Gasteiger partial charge < -0.3 is 14.8 Å². The summed E-state index contributed by atoms with van der Waals surface area (Å²) in [6.07, 6.45) is 3.72. The van der Waals surface area contributed by atoms with E-state index in [0.717, 1.165) is 23.2 Å². The van der Waals surface area contributed by atoms with Gasteiger partial charge in [-0.05, 0) is 80.4 Å². The number of hydrogen-bond acceptors (Lipinski definition) is 3. The van der Waals surface area contributed by atoms with Crippen LogP contribution in [0.3, 0.4) is 0 Å². The maximum absolute atomic E-state index is 5.77. The van der Waals surface area contributed by atoms with Crippen LogP contribution >= 0.6 is 12.2 Å². The number of pyridine rings is 2. The smallest absolute Gasteiger partial charge is 0.170 e. The minimum atomic E-state index is 0.0110. The van der Waals surface area contributed by atoms with Crippen LogP contribution in [0.15, 0.2) is 48.8 Å². The molecule has 1 saturated heterocycles. The van der Waals surface area contributed by atoms with Crippen molar-refractivity contribution in [1.29, 1.82) is 0 Å². The molecule has 1 aliphatic heterocycles. The lowest BCUT2D eigenvalue weighted by molar-refractivity contribution is 0.287. The summed E-state index contributed by atoms with van der Waals surface area (Å²) in [5.41, 5.74) is 5.83. The van der Waals surface area contributed by atoms with E-state index < -0.39 is 0 Å². The van der Waals surface area contributed by atoms with E-state index in [0.29, 0.717) is 5.92 Å². The predicted molar refractivity (Wildman–Crippen MR) is 125 cm³/mol. The van der Waals surface area contributed by atoms with Crippen LogP contribution in [0.4, 0.5) is 0 Å². The van der Waals surface area contributed by atoms with E-state index in [1.165, 1.54) is 22.5 Å². The van der Waals surface area contributed by atoms with Crippen LogP contribution in [0.25, 0.3) is 5.82 Å². The second-order valence-electron chi connectivity index (χ2n) is 8.53. The molecule has 156 valence electrons. The van der Waals surface area contributed by atoms with Crippen LogP contribution in [0, 0.1) is 26.7 Å². The third-order valence-corrected chi connectivity index (χ3v) is 6.03. The second kappa shape index (κ2) is 8.19. The molecule has 4 heterocycles. The fourth-order valence-electron chi connectivity index (χ4n) is 4.42. The number of thiocarbonyl (C=S) groups is 1. The van der Waals surface area contributed by atoms with E-state index in [1.54, 1.807) is 0 Å². The van der Waals surface area contributed by atoms with Gasteiger partial charge in [-0.25, -0.2) is 4.98 Å². The average molecular weight is 420 g/mol. The first kappa shape index (κ1) is 20.5. The highest BCUT2D eigenvalue weighted by molar-refractivity contribution is 7.80. The standard InChI is InChI=1S/C24H29N5S/c1-15(2)14-28-23(22(27-24(28)30)20-8-6-7-10-25-20)19-13-17(4)29(18(19)5)21-12-16(3)9-11-26-21/h6-13,15,22-23H,14H2,1-5H3,(H,27,30)/t22-,23+/m0/s1. The van der Waals surface area contributed by atoms with Crippen LogP contribution in [0.2, 0.25) is 0 Å². The number of hydrogen-bond donors (Lipinski definition) is 1. The van der Waals surface area contributed by atoms with E-state index in [-0.39, 0.29) is 12.1 Å². The Hall–Kier alpha value is -2.73. The van der Waals surface area contributed by atoms with E-state index in [1.807, 2.05) is 30.6 Å². The summed E-state index contributed by atoms with van der Waals surface area (Å²) in [6, 6.07) is 12.6. The van der Waals surface area contributed by atoms with Gasteiger partial charge in [0.2, 0.25) is 0 Å². The molecule has 0 radical (unpaired) electrons. The molecule has 0 bridgehead atoms. The molecule has 0 unspecified atom stereocenters. The third-order valence-electron chi connectivity index (χ3n) is 5.68. The van der Waals surface area contributed by atoms with Crippen molar-refractivity contribution in [2.24, 2.45) is 5.92 Å². The van der Waals surface area contributed by atoms with Crippen LogP contribution < -0.4 is 5.32 Å². The van der Waals surface area contributed by atoms with Gasteiger partial charge in [0.1, 0.15) is 5.82 Å². The molecule has 0 spiro atoms. The molecule has 1 fully saturated rings. The van der Waals surface area contributed by atoms with Gasteiger partial charge >= 0.3 is 0 Å². The normalized spacial score (nSPS) is 18.9. The SMILES string of the molecule is Cc1ccnc(-n2c(C)cc([C@@H]3[C@H](c4ccccn4)NC(=S)N3CC(C)C)c2C)c1. The summed E-state index contributed by atoms with van der Waals surface area (Å²) < 4.78 is 2.24.